The van der Waals surface area contributed by atoms with Crippen molar-refractivity contribution in [1.82, 2.24) is 0 Å². The third-order valence-electron chi connectivity index (χ3n) is 3.27. The van der Waals surface area contributed by atoms with Crippen molar-refractivity contribution in [1.29, 1.82) is 0 Å². The topological polar surface area (TPSA) is 37.4 Å². The van der Waals surface area contributed by atoms with E-state index >= 15 is 0 Å². The Morgan fingerprint density at radius 1 is 1.19 bits per heavy atom. The Bertz CT molecular complexity index is 748. The number of benzene rings is 2. The molecule has 0 radical (unpaired) electrons. The van der Waals surface area contributed by atoms with E-state index in [-0.39, 0.29) is 16.3 Å². The molecule has 0 unspecified atom stereocenters. The van der Waals surface area contributed by atoms with Crippen LogP contribution in [0.2, 0.25) is 0 Å². The van der Waals surface area contributed by atoms with E-state index in [0.29, 0.717) is 11.3 Å². The molecule has 0 saturated carbocycles. The Morgan fingerprint density at radius 3 is 2.38 bits per heavy atom. The summed E-state index contributed by atoms with van der Waals surface area (Å²) >= 11 is 5.69. The van der Waals surface area contributed by atoms with Gasteiger partial charge in [0.1, 0.15) is 5.82 Å². The van der Waals surface area contributed by atoms with E-state index in [4.69, 9.17) is 11.6 Å². The number of para-hydroxylation sites is 1. The van der Waals surface area contributed by atoms with Crippen molar-refractivity contribution in [3.8, 4) is 0 Å². The number of alkyl halides is 1. The minimum Gasteiger partial charge on any atom is -0.269 e. The standard InChI is InChI=1S/C15H15ClFNO2S/c1-11-14(17)8-12(10-16)9-15(11)21(19,20)18(2)13-6-4-3-5-7-13/h3-9H,10H2,1-2H3. The minimum atomic E-state index is -3.84. The third-order valence-corrected chi connectivity index (χ3v) is 5.49. The van der Waals surface area contributed by atoms with Crippen LogP contribution in [0.15, 0.2) is 47.4 Å². The van der Waals surface area contributed by atoms with Crippen LogP contribution < -0.4 is 4.31 Å². The van der Waals surface area contributed by atoms with Gasteiger partial charge in [-0.1, -0.05) is 18.2 Å². The van der Waals surface area contributed by atoms with Gasteiger partial charge in [0.2, 0.25) is 0 Å². The molecule has 0 aliphatic rings. The van der Waals surface area contributed by atoms with Crippen molar-refractivity contribution in [2.24, 2.45) is 0 Å². The van der Waals surface area contributed by atoms with Crippen LogP contribution in [0.3, 0.4) is 0 Å². The van der Waals surface area contributed by atoms with E-state index in [1.165, 1.54) is 26.1 Å². The maximum Gasteiger partial charge on any atom is 0.264 e. The summed E-state index contributed by atoms with van der Waals surface area (Å²) in [5, 5.41) is 0. The Labute approximate surface area is 129 Å². The van der Waals surface area contributed by atoms with Gasteiger partial charge < -0.3 is 0 Å². The molecule has 2 aromatic rings. The van der Waals surface area contributed by atoms with Gasteiger partial charge in [0, 0.05) is 18.5 Å². The second-order valence-electron chi connectivity index (χ2n) is 4.64. The SMILES string of the molecule is Cc1c(F)cc(CCl)cc1S(=O)(=O)N(C)c1ccccc1. The maximum absolute atomic E-state index is 13.9. The highest BCUT2D eigenvalue weighted by molar-refractivity contribution is 7.92. The highest BCUT2D eigenvalue weighted by Gasteiger charge is 2.25. The number of nitrogens with zero attached hydrogens (tertiary/aromatic N) is 1. The van der Waals surface area contributed by atoms with Gasteiger partial charge in [0.05, 0.1) is 10.6 Å². The van der Waals surface area contributed by atoms with E-state index in [1.807, 2.05) is 0 Å². The van der Waals surface area contributed by atoms with Gasteiger partial charge in [-0.3, -0.25) is 4.31 Å². The third kappa shape index (κ3) is 3.04. The Balaban J connectivity index is 2.57. The molecule has 0 amide bonds. The summed E-state index contributed by atoms with van der Waals surface area (Å²) in [4.78, 5) is -0.0653. The van der Waals surface area contributed by atoms with Gasteiger partial charge in [-0.2, -0.15) is 0 Å². The highest BCUT2D eigenvalue weighted by atomic mass is 35.5. The second-order valence-corrected chi connectivity index (χ2v) is 6.85. The first kappa shape index (κ1) is 15.8. The fraction of sp³-hybridized carbons (Fsp3) is 0.200. The maximum atomic E-state index is 13.9. The smallest absolute Gasteiger partial charge is 0.264 e. The van der Waals surface area contributed by atoms with Gasteiger partial charge >= 0.3 is 0 Å². The molecule has 21 heavy (non-hydrogen) atoms. The molecule has 6 heteroatoms. The van der Waals surface area contributed by atoms with E-state index in [9.17, 15) is 12.8 Å². The number of sulfonamides is 1. The Hall–Kier alpha value is -1.59. The quantitative estimate of drug-likeness (QED) is 0.803. The summed E-state index contributed by atoms with van der Waals surface area (Å²) in [6, 6.07) is 11.3. The first-order valence-corrected chi connectivity index (χ1v) is 8.24. The van der Waals surface area contributed by atoms with Crippen LogP contribution in [0, 0.1) is 12.7 Å². The van der Waals surface area contributed by atoms with Crippen LogP contribution in [0.4, 0.5) is 10.1 Å². The summed E-state index contributed by atoms with van der Waals surface area (Å²) < 4.78 is 40.4. The molecule has 0 heterocycles. The highest BCUT2D eigenvalue weighted by Crippen LogP contribution is 2.27. The first-order chi connectivity index (χ1) is 9.87. The lowest BCUT2D eigenvalue weighted by Crippen LogP contribution is -2.27. The van der Waals surface area contributed by atoms with Crippen molar-refractivity contribution in [3.05, 3.63) is 59.4 Å². The lowest BCUT2D eigenvalue weighted by Gasteiger charge is -2.21. The molecule has 0 aliphatic heterocycles. The minimum absolute atomic E-state index is 0.0504. The van der Waals surface area contributed by atoms with Crippen molar-refractivity contribution in [3.63, 3.8) is 0 Å². The summed E-state index contributed by atoms with van der Waals surface area (Å²) in [5.41, 5.74) is 1.03. The molecule has 0 aliphatic carbocycles. The molecule has 0 N–H and O–H groups in total. The summed E-state index contributed by atoms with van der Waals surface area (Å²) in [6.45, 7) is 1.44. The summed E-state index contributed by atoms with van der Waals surface area (Å²) in [5.74, 6) is -0.525. The Kier molecular flexibility index (Phi) is 4.54. The molecule has 0 atom stereocenters. The largest absolute Gasteiger partial charge is 0.269 e. The van der Waals surface area contributed by atoms with Crippen LogP contribution in [0.25, 0.3) is 0 Å². The fourth-order valence-corrected chi connectivity index (χ4v) is 3.61. The monoisotopic (exact) mass is 327 g/mol. The van der Waals surface area contributed by atoms with Crippen molar-refractivity contribution in [2.45, 2.75) is 17.7 Å². The molecule has 0 bridgehead atoms. The van der Waals surface area contributed by atoms with E-state index in [2.05, 4.69) is 0 Å². The average Bonchev–Trinajstić information content (AvgIpc) is 2.49. The van der Waals surface area contributed by atoms with Crippen molar-refractivity contribution < 1.29 is 12.8 Å². The zero-order valence-electron chi connectivity index (χ0n) is 11.7. The van der Waals surface area contributed by atoms with E-state index in [0.717, 1.165) is 4.31 Å². The van der Waals surface area contributed by atoms with Crippen LogP contribution in [0.5, 0.6) is 0 Å². The average molecular weight is 328 g/mol. The van der Waals surface area contributed by atoms with Gasteiger partial charge in [0.15, 0.2) is 0 Å². The molecule has 2 aromatic carbocycles. The van der Waals surface area contributed by atoms with E-state index in [1.54, 1.807) is 30.3 Å². The predicted octanol–water partition coefficient (Wildman–Crippen LogP) is 3.70. The van der Waals surface area contributed by atoms with E-state index < -0.39 is 15.8 Å². The number of rotatable bonds is 4. The van der Waals surface area contributed by atoms with Gasteiger partial charge in [-0.25, -0.2) is 12.8 Å². The van der Waals surface area contributed by atoms with Gasteiger partial charge in [-0.15, -0.1) is 11.6 Å². The lowest BCUT2D eigenvalue weighted by molar-refractivity contribution is 0.584. The molecule has 2 rings (SSSR count). The molecular formula is C15H15ClFNO2S. The second kappa shape index (κ2) is 6.03. The van der Waals surface area contributed by atoms with Crippen LogP contribution in [-0.4, -0.2) is 15.5 Å². The normalized spacial score (nSPS) is 11.4. The number of hydrogen-bond acceptors (Lipinski definition) is 2. The summed E-state index contributed by atoms with van der Waals surface area (Å²) in [7, 11) is -2.40. The van der Waals surface area contributed by atoms with Crippen LogP contribution >= 0.6 is 11.6 Å². The van der Waals surface area contributed by atoms with Gasteiger partial charge in [0.25, 0.3) is 10.0 Å². The predicted molar refractivity (Wildman–Crippen MR) is 82.7 cm³/mol. The molecule has 0 aromatic heterocycles. The molecule has 0 saturated heterocycles. The zero-order chi connectivity index (χ0) is 15.6. The zero-order valence-corrected chi connectivity index (χ0v) is 13.2. The van der Waals surface area contributed by atoms with Crippen molar-refractivity contribution >= 4 is 27.3 Å². The molecule has 0 spiro atoms. The Morgan fingerprint density at radius 2 is 1.81 bits per heavy atom. The van der Waals surface area contributed by atoms with Crippen LogP contribution in [-0.2, 0) is 15.9 Å². The fourth-order valence-electron chi connectivity index (χ4n) is 1.98. The molecule has 0 fully saturated rings. The molecule has 3 nitrogen and oxygen atoms in total. The molecule has 112 valence electrons. The number of anilines is 1. The lowest BCUT2D eigenvalue weighted by atomic mass is 10.1. The number of halogens is 2. The van der Waals surface area contributed by atoms with Gasteiger partial charge in [-0.05, 0) is 36.8 Å². The van der Waals surface area contributed by atoms with Crippen LogP contribution in [0.1, 0.15) is 11.1 Å². The number of hydrogen-bond donors (Lipinski definition) is 0. The summed E-state index contributed by atoms with van der Waals surface area (Å²) in [6.07, 6.45) is 0. The first-order valence-electron chi connectivity index (χ1n) is 6.27. The van der Waals surface area contributed by atoms with Crippen molar-refractivity contribution in [2.75, 3.05) is 11.4 Å². The molecular weight excluding hydrogens is 313 g/mol.